The van der Waals surface area contributed by atoms with E-state index >= 15 is 0 Å². The molecule has 3 aromatic rings. The van der Waals surface area contributed by atoms with Crippen LogP contribution in [0.5, 0.6) is 0 Å². The average molecular weight is 441 g/mol. The monoisotopic (exact) mass is 440 g/mol. The second-order valence-electron chi connectivity index (χ2n) is 7.77. The Kier molecular flexibility index (Phi) is 7.70. The third-order valence-corrected chi connectivity index (χ3v) is 5.58. The molecule has 0 aromatic heterocycles. The fourth-order valence-corrected chi connectivity index (χ4v) is 3.79. The van der Waals surface area contributed by atoms with Crippen LogP contribution in [0, 0.1) is 6.92 Å². The Bertz CT molecular complexity index is 1020. The molecule has 0 bridgehead atoms. The quantitative estimate of drug-likeness (QED) is 0.467. The van der Waals surface area contributed by atoms with Gasteiger partial charge in [0.15, 0.2) is 0 Å². The summed E-state index contributed by atoms with van der Waals surface area (Å²) in [5.41, 5.74) is 3.15. The van der Waals surface area contributed by atoms with Crippen molar-refractivity contribution in [3.8, 4) is 0 Å². The van der Waals surface area contributed by atoms with Gasteiger partial charge in [0.1, 0.15) is 6.04 Å². The van der Waals surface area contributed by atoms with E-state index in [0.29, 0.717) is 12.8 Å². The van der Waals surface area contributed by atoms with Gasteiger partial charge in [-0.2, -0.15) is 13.2 Å². The van der Waals surface area contributed by atoms with Gasteiger partial charge in [0.05, 0.1) is 5.56 Å². The van der Waals surface area contributed by atoms with Crippen LogP contribution in [0.15, 0.2) is 78.9 Å². The van der Waals surface area contributed by atoms with Crippen molar-refractivity contribution in [3.63, 3.8) is 0 Å². The van der Waals surface area contributed by atoms with Crippen molar-refractivity contribution in [1.29, 1.82) is 0 Å². The van der Waals surface area contributed by atoms with Crippen LogP contribution in [0.3, 0.4) is 0 Å². The number of rotatable bonds is 8. The third-order valence-electron chi connectivity index (χ3n) is 5.58. The van der Waals surface area contributed by atoms with Crippen LogP contribution in [0.4, 0.5) is 13.2 Å². The average Bonchev–Trinajstić information content (AvgIpc) is 2.79. The fourth-order valence-electron chi connectivity index (χ4n) is 3.79. The summed E-state index contributed by atoms with van der Waals surface area (Å²) in [6.07, 6.45) is -3.16. The topological polar surface area (TPSA) is 41.1 Å². The van der Waals surface area contributed by atoms with Gasteiger partial charge in [-0.05, 0) is 54.2 Å². The summed E-state index contributed by atoms with van der Waals surface area (Å²) in [7, 11) is 1.60. The first kappa shape index (κ1) is 23.5. The first-order valence-corrected chi connectivity index (χ1v) is 10.5. The van der Waals surface area contributed by atoms with E-state index in [1.807, 2.05) is 61.5 Å². The van der Waals surface area contributed by atoms with Gasteiger partial charge in [0.2, 0.25) is 5.91 Å². The van der Waals surface area contributed by atoms with E-state index in [-0.39, 0.29) is 11.9 Å². The van der Waals surface area contributed by atoms with Gasteiger partial charge < -0.3 is 5.32 Å². The molecule has 3 nitrogen and oxygen atoms in total. The fraction of sp³-hybridized carbons (Fsp3) is 0.269. The molecular weight excluding hydrogens is 413 g/mol. The van der Waals surface area contributed by atoms with Crippen molar-refractivity contribution < 1.29 is 18.0 Å². The van der Waals surface area contributed by atoms with E-state index in [4.69, 9.17) is 0 Å². The number of halogens is 3. The lowest BCUT2D eigenvalue weighted by molar-refractivity contribution is -0.137. The summed E-state index contributed by atoms with van der Waals surface area (Å²) in [5.74, 6) is -0.149. The molecule has 32 heavy (non-hydrogen) atoms. The molecule has 2 N–H and O–H groups in total. The third kappa shape index (κ3) is 5.98. The van der Waals surface area contributed by atoms with E-state index < -0.39 is 17.8 Å². The van der Waals surface area contributed by atoms with Crippen LogP contribution in [-0.2, 0) is 17.4 Å². The zero-order valence-electron chi connectivity index (χ0n) is 18.1. The molecular formula is C26H27F3N2O. The Morgan fingerprint density at radius 3 is 2.12 bits per heavy atom. The zero-order valence-corrected chi connectivity index (χ0v) is 18.1. The first-order valence-electron chi connectivity index (χ1n) is 10.5. The van der Waals surface area contributed by atoms with Gasteiger partial charge in [-0.1, -0.05) is 66.7 Å². The highest BCUT2D eigenvalue weighted by atomic mass is 19.4. The summed E-state index contributed by atoms with van der Waals surface area (Å²) in [4.78, 5) is 12.7. The van der Waals surface area contributed by atoms with Crippen LogP contribution in [0.1, 0.15) is 46.3 Å². The van der Waals surface area contributed by atoms with Crippen molar-refractivity contribution in [2.75, 3.05) is 7.05 Å². The van der Waals surface area contributed by atoms with Crippen molar-refractivity contribution in [2.45, 2.75) is 38.0 Å². The second-order valence-corrected chi connectivity index (χ2v) is 7.77. The lowest BCUT2D eigenvalue weighted by atomic mass is 9.93. The lowest BCUT2D eigenvalue weighted by Gasteiger charge is -2.27. The normalized spacial score (nSPS) is 13.4. The Hall–Kier alpha value is -3.12. The van der Waals surface area contributed by atoms with Crippen LogP contribution in [0.25, 0.3) is 0 Å². The summed E-state index contributed by atoms with van der Waals surface area (Å²) in [6.45, 7) is 2.01. The number of benzene rings is 3. The molecule has 168 valence electrons. The predicted octanol–water partition coefficient (Wildman–Crippen LogP) is 5.76. The maximum absolute atomic E-state index is 12.9. The maximum atomic E-state index is 12.9. The zero-order chi connectivity index (χ0) is 23.1. The molecule has 2 atom stereocenters. The predicted molar refractivity (Wildman–Crippen MR) is 120 cm³/mol. The molecule has 0 aliphatic carbocycles. The number of alkyl halides is 3. The Morgan fingerprint density at radius 2 is 1.53 bits per heavy atom. The number of nitrogens with one attached hydrogen (secondary N) is 2. The minimum Gasteiger partial charge on any atom is -0.358 e. The van der Waals surface area contributed by atoms with E-state index in [9.17, 15) is 18.0 Å². The molecule has 0 aliphatic rings. The number of hydrogen-bond acceptors (Lipinski definition) is 2. The van der Waals surface area contributed by atoms with Crippen LogP contribution in [-0.4, -0.2) is 13.0 Å². The SMILES string of the molecule is CNC(=O)C(N[C@@H](CCc1ccc(C(F)(F)F)cc1)c1ccccc1C)c1ccccc1. The number of carbonyl (C=O) groups is 1. The summed E-state index contributed by atoms with van der Waals surface area (Å²) in [6, 6.07) is 22.0. The number of likely N-dealkylation sites (N-methyl/N-ethyl adjacent to an activating group) is 1. The lowest BCUT2D eigenvalue weighted by Crippen LogP contribution is -2.38. The standard InChI is InChI=1S/C26H27F3N2O/c1-18-8-6-7-11-22(18)23(17-14-19-12-15-21(16-13-19)26(27,28)29)31-24(25(32)30-2)20-9-4-3-5-10-20/h3-13,15-16,23-24,31H,14,17H2,1-2H3,(H,30,32)/t23-,24?/m0/s1. The number of hydrogen-bond donors (Lipinski definition) is 2. The molecule has 0 radical (unpaired) electrons. The van der Waals surface area contributed by atoms with Crippen LogP contribution in [0.2, 0.25) is 0 Å². The van der Waals surface area contributed by atoms with Crippen molar-refractivity contribution in [1.82, 2.24) is 10.6 Å². The number of carbonyl (C=O) groups excluding carboxylic acids is 1. The summed E-state index contributed by atoms with van der Waals surface area (Å²) < 4.78 is 38.6. The van der Waals surface area contributed by atoms with Gasteiger partial charge in [-0.15, -0.1) is 0 Å². The molecule has 3 rings (SSSR count). The van der Waals surface area contributed by atoms with Gasteiger partial charge >= 0.3 is 6.18 Å². The molecule has 0 fully saturated rings. The van der Waals surface area contributed by atoms with Gasteiger partial charge in [0, 0.05) is 13.1 Å². The number of aryl methyl sites for hydroxylation is 2. The molecule has 1 amide bonds. The summed E-state index contributed by atoms with van der Waals surface area (Å²) >= 11 is 0. The highest BCUT2D eigenvalue weighted by Crippen LogP contribution is 2.30. The Labute approximate surface area is 186 Å². The molecule has 0 aliphatic heterocycles. The van der Waals surface area contributed by atoms with Crippen LogP contribution >= 0.6 is 0 Å². The highest BCUT2D eigenvalue weighted by Gasteiger charge is 2.30. The minimum atomic E-state index is -4.35. The maximum Gasteiger partial charge on any atom is 0.416 e. The smallest absolute Gasteiger partial charge is 0.358 e. The molecule has 6 heteroatoms. The molecule has 3 aromatic carbocycles. The molecule has 0 heterocycles. The molecule has 0 spiro atoms. The van der Waals surface area contributed by atoms with Gasteiger partial charge in [-0.3, -0.25) is 10.1 Å². The molecule has 0 saturated carbocycles. The molecule has 0 saturated heterocycles. The molecule has 1 unspecified atom stereocenters. The second kappa shape index (κ2) is 10.5. The van der Waals surface area contributed by atoms with Crippen molar-refractivity contribution in [3.05, 3.63) is 107 Å². The highest BCUT2D eigenvalue weighted by molar-refractivity contribution is 5.83. The van der Waals surface area contributed by atoms with E-state index in [0.717, 1.165) is 34.4 Å². The summed E-state index contributed by atoms with van der Waals surface area (Å²) in [5, 5.41) is 6.21. The van der Waals surface area contributed by atoms with E-state index in [1.165, 1.54) is 12.1 Å². The van der Waals surface area contributed by atoms with Crippen LogP contribution < -0.4 is 10.6 Å². The Balaban J connectivity index is 1.85. The van der Waals surface area contributed by atoms with E-state index in [1.54, 1.807) is 7.05 Å². The first-order chi connectivity index (χ1) is 15.3. The van der Waals surface area contributed by atoms with Gasteiger partial charge in [-0.25, -0.2) is 0 Å². The van der Waals surface area contributed by atoms with E-state index in [2.05, 4.69) is 10.6 Å². The van der Waals surface area contributed by atoms with Crippen molar-refractivity contribution in [2.24, 2.45) is 0 Å². The van der Waals surface area contributed by atoms with Crippen molar-refractivity contribution >= 4 is 5.91 Å². The Morgan fingerprint density at radius 1 is 0.906 bits per heavy atom. The number of amides is 1. The largest absolute Gasteiger partial charge is 0.416 e. The minimum absolute atomic E-state index is 0.149. The van der Waals surface area contributed by atoms with Gasteiger partial charge in [0.25, 0.3) is 0 Å².